The molecule has 2 aliphatic rings. The second-order valence-electron chi connectivity index (χ2n) is 7.22. The van der Waals surface area contributed by atoms with Crippen LogP contribution in [-0.4, -0.2) is 24.9 Å². The fourth-order valence-electron chi connectivity index (χ4n) is 4.84. The average molecular weight is 293 g/mol. The molecular weight excluding hydrogens is 270 g/mol. The molecule has 0 spiro atoms. The van der Waals surface area contributed by atoms with E-state index < -0.39 is 0 Å². The van der Waals surface area contributed by atoms with Crippen molar-refractivity contribution in [3.63, 3.8) is 0 Å². The maximum Gasteiger partial charge on any atom is 0.226 e. The highest BCUT2D eigenvalue weighted by atomic mass is 16.2. The summed E-state index contributed by atoms with van der Waals surface area (Å²) in [4.78, 5) is 14.5. The summed E-state index contributed by atoms with van der Waals surface area (Å²) in [5, 5.41) is 2.57. The molecule has 2 aromatic rings. The molecule has 2 aliphatic carbocycles. The summed E-state index contributed by atoms with van der Waals surface area (Å²) in [6, 6.07) is 15.3. The Hall–Kier alpha value is -1.83. The van der Waals surface area contributed by atoms with Crippen LogP contribution in [0.25, 0.3) is 10.8 Å². The van der Waals surface area contributed by atoms with Crippen LogP contribution in [0.2, 0.25) is 0 Å². The van der Waals surface area contributed by atoms with Crippen molar-refractivity contribution in [2.24, 2.45) is 17.8 Å². The van der Waals surface area contributed by atoms with Gasteiger partial charge in [-0.2, -0.15) is 0 Å². The molecule has 2 heteroatoms. The standard InChI is InChI=1S/C20H23NO/c1-21(2)20(22)19-17-10-9-16(12-17)18(19)15-8-7-13-5-3-4-6-14(13)11-15/h3-8,11,16-19H,9-10,12H2,1-2H3/t16-,17-,18-,19-/m0/s1. The summed E-state index contributed by atoms with van der Waals surface area (Å²) >= 11 is 0. The van der Waals surface area contributed by atoms with Gasteiger partial charge in [0.25, 0.3) is 0 Å². The predicted octanol–water partition coefficient (Wildman–Crippen LogP) is 4.06. The third-order valence-electron chi connectivity index (χ3n) is 5.80. The van der Waals surface area contributed by atoms with E-state index in [0.29, 0.717) is 23.7 Å². The van der Waals surface area contributed by atoms with Gasteiger partial charge in [-0.25, -0.2) is 0 Å². The minimum atomic E-state index is 0.190. The van der Waals surface area contributed by atoms with Gasteiger partial charge in [0.1, 0.15) is 0 Å². The lowest BCUT2D eigenvalue weighted by Gasteiger charge is -2.32. The quantitative estimate of drug-likeness (QED) is 0.817. The van der Waals surface area contributed by atoms with Crippen LogP contribution >= 0.6 is 0 Å². The van der Waals surface area contributed by atoms with Crippen molar-refractivity contribution in [3.8, 4) is 0 Å². The van der Waals surface area contributed by atoms with Crippen molar-refractivity contribution in [1.29, 1.82) is 0 Å². The van der Waals surface area contributed by atoms with Crippen LogP contribution in [0.3, 0.4) is 0 Å². The molecule has 2 saturated carbocycles. The zero-order valence-electron chi connectivity index (χ0n) is 13.3. The van der Waals surface area contributed by atoms with Crippen molar-refractivity contribution in [2.45, 2.75) is 25.2 Å². The smallest absolute Gasteiger partial charge is 0.226 e. The molecule has 0 aromatic heterocycles. The highest BCUT2D eigenvalue weighted by Crippen LogP contribution is 2.57. The van der Waals surface area contributed by atoms with E-state index in [1.807, 2.05) is 14.1 Å². The van der Waals surface area contributed by atoms with Gasteiger partial charge in [0.05, 0.1) is 0 Å². The van der Waals surface area contributed by atoms with Gasteiger partial charge in [-0.3, -0.25) is 4.79 Å². The topological polar surface area (TPSA) is 20.3 Å². The third-order valence-corrected chi connectivity index (χ3v) is 5.80. The lowest BCUT2D eigenvalue weighted by molar-refractivity contribution is -0.135. The highest BCUT2D eigenvalue weighted by Gasteiger charge is 2.51. The van der Waals surface area contributed by atoms with E-state index in [4.69, 9.17) is 0 Å². The average Bonchev–Trinajstić information content (AvgIpc) is 3.14. The van der Waals surface area contributed by atoms with Gasteiger partial charge in [-0.1, -0.05) is 42.5 Å². The van der Waals surface area contributed by atoms with Gasteiger partial charge in [-0.05, 0) is 53.4 Å². The van der Waals surface area contributed by atoms with Crippen molar-refractivity contribution < 1.29 is 4.79 Å². The monoisotopic (exact) mass is 293 g/mol. The first-order valence-corrected chi connectivity index (χ1v) is 8.35. The van der Waals surface area contributed by atoms with Crippen LogP contribution in [0.4, 0.5) is 0 Å². The molecule has 114 valence electrons. The Labute approximate surface area is 132 Å². The number of amides is 1. The molecule has 2 bridgehead atoms. The van der Waals surface area contributed by atoms with Crippen molar-refractivity contribution in [2.75, 3.05) is 14.1 Å². The van der Waals surface area contributed by atoms with Crippen molar-refractivity contribution in [1.82, 2.24) is 4.90 Å². The summed E-state index contributed by atoms with van der Waals surface area (Å²) in [5.74, 6) is 2.22. The Balaban J connectivity index is 1.76. The summed E-state index contributed by atoms with van der Waals surface area (Å²) in [6.07, 6.45) is 3.76. The molecule has 0 radical (unpaired) electrons. The number of carbonyl (C=O) groups excluding carboxylic acids is 1. The summed E-state index contributed by atoms with van der Waals surface area (Å²) in [6.45, 7) is 0. The first-order chi connectivity index (χ1) is 10.6. The van der Waals surface area contributed by atoms with Crippen LogP contribution < -0.4 is 0 Å². The van der Waals surface area contributed by atoms with Gasteiger partial charge in [-0.15, -0.1) is 0 Å². The molecule has 2 aromatic carbocycles. The molecule has 4 atom stereocenters. The number of benzene rings is 2. The zero-order valence-corrected chi connectivity index (χ0v) is 13.3. The minimum absolute atomic E-state index is 0.190. The second kappa shape index (κ2) is 5.12. The van der Waals surface area contributed by atoms with E-state index >= 15 is 0 Å². The molecule has 0 N–H and O–H groups in total. The number of hydrogen-bond donors (Lipinski definition) is 0. The maximum absolute atomic E-state index is 12.7. The molecule has 0 saturated heterocycles. The molecule has 0 unspecified atom stereocenters. The lowest BCUT2D eigenvalue weighted by atomic mass is 9.74. The fraction of sp³-hybridized carbons (Fsp3) is 0.450. The van der Waals surface area contributed by atoms with Crippen LogP contribution in [0.5, 0.6) is 0 Å². The highest BCUT2D eigenvalue weighted by molar-refractivity contribution is 5.84. The van der Waals surface area contributed by atoms with Gasteiger partial charge >= 0.3 is 0 Å². The molecule has 0 aliphatic heterocycles. The molecule has 0 heterocycles. The van der Waals surface area contributed by atoms with E-state index in [1.165, 1.54) is 35.6 Å². The molecule has 2 nitrogen and oxygen atoms in total. The SMILES string of the molecule is CN(C)C(=O)[C@H]1[C@H]2CC[C@@H](C2)[C@@H]1c1ccc2ccccc2c1. The Kier molecular flexibility index (Phi) is 3.21. The van der Waals surface area contributed by atoms with Crippen LogP contribution in [0, 0.1) is 17.8 Å². The van der Waals surface area contributed by atoms with E-state index in [1.54, 1.807) is 4.90 Å². The van der Waals surface area contributed by atoms with Gasteiger partial charge in [0.2, 0.25) is 5.91 Å². The Bertz CT molecular complexity index is 720. The second-order valence-corrected chi connectivity index (χ2v) is 7.22. The number of nitrogens with zero attached hydrogens (tertiary/aromatic N) is 1. The number of rotatable bonds is 2. The van der Waals surface area contributed by atoms with Crippen molar-refractivity contribution >= 4 is 16.7 Å². The zero-order chi connectivity index (χ0) is 15.3. The largest absolute Gasteiger partial charge is 0.349 e. The normalized spacial score (nSPS) is 29.9. The molecule has 22 heavy (non-hydrogen) atoms. The maximum atomic E-state index is 12.7. The third kappa shape index (κ3) is 2.05. The van der Waals surface area contributed by atoms with Crippen LogP contribution in [0.1, 0.15) is 30.7 Å². The minimum Gasteiger partial charge on any atom is -0.349 e. The summed E-state index contributed by atoms with van der Waals surface area (Å²) < 4.78 is 0. The lowest BCUT2D eigenvalue weighted by Crippen LogP contribution is -2.36. The number of fused-ring (bicyclic) bond motifs is 3. The predicted molar refractivity (Wildman–Crippen MR) is 89.7 cm³/mol. The van der Waals surface area contributed by atoms with Crippen LogP contribution in [0.15, 0.2) is 42.5 Å². The van der Waals surface area contributed by atoms with Crippen LogP contribution in [-0.2, 0) is 4.79 Å². The Morgan fingerprint density at radius 2 is 1.73 bits per heavy atom. The molecule has 4 rings (SSSR count). The van der Waals surface area contributed by atoms with E-state index in [2.05, 4.69) is 42.5 Å². The first kappa shape index (κ1) is 13.8. The first-order valence-electron chi connectivity index (χ1n) is 8.35. The van der Waals surface area contributed by atoms with Gasteiger partial charge < -0.3 is 4.90 Å². The van der Waals surface area contributed by atoms with E-state index in [-0.39, 0.29) is 5.92 Å². The van der Waals surface area contributed by atoms with E-state index in [9.17, 15) is 4.79 Å². The number of hydrogen-bond acceptors (Lipinski definition) is 1. The summed E-state index contributed by atoms with van der Waals surface area (Å²) in [7, 11) is 3.79. The van der Waals surface area contributed by atoms with Crippen molar-refractivity contribution in [3.05, 3.63) is 48.0 Å². The molecule has 2 fully saturated rings. The van der Waals surface area contributed by atoms with Gasteiger partial charge in [0.15, 0.2) is 0 Å². The summed E-state index contributed by atoms with van der Waals surface area (Å²) in [5.41, 5.74) is 1.37. The number of carbonyl (C=O) groups is 1. The van der Waals surface area contributed by atoms with Gasteiger partial charge in [0, 0.05) is 20.0 Å². The molecule has 1 amide bonds. The Morgan fingerprint density at radius 1 is 1.00 bits per heavy atom. The Morgan fingerprint density at radius 3 is 2.50 bits per heavy atom. The fourth-order valence-corrected chi connectivity index (χ4v) is 4.84. The molecular formula is C20H23NO. The van der Waals surface area contributed by atoms with E-state index in [0.717, 1.165) is 0 Å².